The molecule has 2 fully saturated rings. The number of hydrogen-bond donors (Lipinski definition) is 1. The van der Waals surface area contributed by atoms with Crippen molar-refractivity contribution in [3.63, 3.8) is 0 Å². The maximum absolute atomic E-state index is 12.5. The zero-order valence-corrected chi connectivity index (χ0v) is 18.4. The number of carbonyl (C=O) groups excluding carboxylic acids is 4. The molecule has 0 bridgehead atoms. The van der Waals surface area contributed by atoms with Gasteiger partial charge >= 0.3 is 5.97 Å². The highest BCUT2D eigenvalue weighted by atomic mass is 16.5. The number of nitrogens with one attached hydrogen (secondary N) is 1. The third kappa shape index (κ3) is 5.22. The van der Waals surface area contributed by atoms with Gasteiger partial charge in [0.05, 0.1) is 11.8 Å². The zero-order valence-electron chi connectivity index (χ0n) is 18.4. The maximum atomic E-state index is 12.5. The first kappa shape index (κ1) is 22.5. The number of imide groups is 1. The largest absolute Gasteiger partial charge is 0.457 e. The molecule has 2 aliphatic rings. The van der Waals surface area contributed by atoms with Crippen LogP contribution < -0.4 is 10.1 Å². The molecule has 0 aromatic heterocycles. The Hall–Kier alpha value is -3.68. The Morgan fingerprint density at radius 3 is 2.12 bits per heavy atom. The minimum atomic E-state index is -1.09. The van der Waals surface area contributed by atoms with Crippen LogP contribution in [0.25, 0.3) is 0 Å². The summed E-state index contributed by atoms with van der Waals surface area (Å²) in [4.78, 5) is 50.7. The van der Waals surface area contributed by atoms with Crippen LogP contribution in [-0.2, 0) is 23.9 Å². The Morgan fingerprint density at radius 2 is 1.52 bits per heavy atom. The van der Waals surface area contributed by atoms with Gasteiger partial charge in [-0.25, -0.2) is 0 Å². The fourth-order valence-corrected chi connectivity index (χ4v) is 4.28. The van der Waals surface area contributed by atoms with Gasteiger partial charge in [0.15, 0.2) is 6.10 Å². The topological polar surface area (TPSA) is 102 Å². The third-order valence-corrected chi connectivity index (χ3v) is 6.00. The fourth-order valence-electron chi connectivity index (χ4n) is 4.28. The molecule has 1 saturated heterocycles. The minimum Gasteiger partial charge on any atom is -0.457 e. The molecule has 0 spiro atoms. The molecule has 8 heteroatoms. The number of benzene rings is 2. The molecule has 1 heterocycles. The van der Waals surface area contributed by atoms with Crippen molar-refractivity contribution in [3.05, 3.63) is 54.6 Å². The fraction of sp³-hybridized carbons (Fsp3) is 0.360. The van der Waals surface area contributed by atoms with Crippen LogP contribution in [0.1, 0.15) is 32.6 Å². The number of likely N-dealkylation sites (tertiary alicyclic amines) is 1. The van der Waals surface area contributed by atoms with Crippen molar-refractivity contribution >= 4 is 29.4 Å². The van der Waals surface area contributed by atoms with Crippen LogP contribution in [0.4, 0.5) is 5.69 Å². The first-order valence-electron chi connectivity index (χ1n) is 11.1. The number of amides is 3. The summed E-state index contributed by atoms with van der Waals surface area (Å²) in [5.41, 5.74) is 0.511. The molecule has 4 rings (SSSR count). The van der Waals surface area contributed by atoms with Crippen LogP contribution in [0.5, 0.6) is 11.5 Å². The second-order valence-electron chi connectivity index (χ2n) is 8.32. The van der Waals surface area contributed by atoms with E-state index in [-0.39, 0.29) is 23.7 Å². The van der Waals surface area contributed by atoms with Crippen molar-refractivity contribution < 1.29 is 28.7 Å². The molecule has 33 heavy (non-hydrogen) atoms. The van der Waals surface area contributed by atoms with Crippen LogP contribution >= 0.6 is 0 Å². The summed E-state index contributed by atoms with van der Waals surface area (Å²) in [6.45, 7) is 0.974. The molecule has 172 valence electrons. The monoisotopic (exact) mass is 450 g/mol. The highest BCUT2D eigenvalue weighted by Gasteiger charge is 2.48. The summed E-state index contributed by atoms with van der Waals surface area (Å²) >= 11 is 0. The molecule has 1 aliphatic heterocycles. The normalized spacial score (nSPS) is 20.7. The van der Waals surface area contributed by atoms with Gasteiger partial charge in [0.25, 0.3) is 5.91 Å². The van der Waals surface area contributed by atoms with Gasteiger partial charge in [-0.1, -0.05) is 31.0 Å². The van der Waals surface area contributed by atoms with E-state index < -0.39 is 24.5 Å². The summed E-state index contributed by atoms with van der Waals surface area (Å²) in [6.07, 6.45) is 2.08. The number of nitrogens with zero attached hydrogens (tertiary/aromatic N) is 1. The zero-order chi connectivity index (χ0) is 23.4. The van der Waals surface area contributed by atoms with E-state index >= 15 is 0 Å². The molecule has 2 aromatic carbocycles. The second kappa shape index (κ2) is 9.85. The van der Waals surface area contributed by atoms with Gasteiger partial charge in [-0.3, -0.25) is 24.1 Å². The molecule has 8 nitrogen and oxygen atoms in total. The molecule has 1 aliphatic carbocycles. The van der Waals surface area contributed by atoms with Gasteiger partial charge in [0, 0.05) is 5.69 Å². The molecule has 3 unspecified atom stereocenters. The van der Waals surface area contributed by atoms with Crippen molar-refractivity contribution in [2.24, 2.45) is 11.8 Å². The van der Waals surface area contributed by atoms with Crippen LogP contribution in [0, 0.1) is 11.8 Å². The predicted octanol–water partition coefficient (Wildman–Crippen LogP) is 3.52. The quantitative estimate of drug-likeness (QED) is 0.512. The van der Waals surface area contributed by atoms with Gasteiger partial charge in [-0.05, 0) is 56.2 Å². The van der Waals surface area contributed by atoms with Crippen molar-refractivity contribution in [2.45, 2.75) is 38.7 Å². The first-order valence-corrected chi connectivity index (χ1v) is 11.1. The van der Waals surface area contributed by atoms with Crippen LogP contribution in [-0.4, -0.2) is 41.2 Å². The lowest BCUT2D eigenvalue weighted by Crippen LogP contribution is -2.39. The summed E-state index contributed by atoms with van der Waals surface area (Å²) in [7, 11) is 0. The van der Waals surface area contributed by atoms with E-state index in [0.29, 0.717) is 30.0 Å². The minimum absolute atomic E-state index is 0.309. The summed E-state index contributed by atoms with van der Waals surface area (Å²) in [5.74, 6) is -1.27. The van der Waals surface area contributed by atoms with E-state index in [9.17, 15) is 19.2 Å². The lowest BCUT2D eigenvalue weighted by Gasteiger charge is -2.19. The Kier molecular flexibility index (Phi) is 6.72. The summed E-state index contributed by atoms with van der Waals surface area (Å²) in [5, 5.41) is 2.67. The lowest BCUT2D eigenvalue weighted by molar-refractivity contribution is -0.158. The third-order valence-electron chi connectivity index (χ3n) is 6.00. The molecule has 3 atom stereocenters. The Morgan fingerprint density at radius 1 is 0.939 bits per heavy atom. The molecule has 2 aromatic rings. The van der Waals surface area contributed by atoms with Crippen LogP contribution in [0.3, 0.4) is 0 Å². The summed E-state index contributed by atoms with van der Waals surface area (Å²) < 4.78 is 10.9. The average molecular weight is 450 g/mol. The number of anilines is 1. The number of rotatable bonds is 7. The number of fused-ring (bicyclic) bond motifs is 1. The van der Waals surface area contributed by atoms with Gasteiger partial charge in [-0.2, -0.15) is 0 Å². The van der Waals surface area contributed by atoms with Gasteiger partial charge in [0.1, 0.15) is 18.0 Å². The SMILES string of the molecule is CC(OC(=O)CN1C(=O)C2CCCCC2C1=O)C(=O)Nc1ccc(Oc2ccccc2)cc1. The van der Waals surface area contributed by atoms with E-state index in [1.54, 1.807) is 24.3 Å². The number of ether oxygens (including phenoxy) is 2. The van der Waals surface area contributed by atoms with Crippen LogP contribution in [0.15, 0.2) is 54.6 Å². The van der Waals surface area contributed by atoms with Crippen molar-refractivity contribution in [3.8, 4) is 11.5 Å². The van der Waals surface area contributed by atoms with E-state index in [1.807, 2.05) is 30.3 Å². The van der Waals surface area contributed by atoms with Gasteiger partial charge < -0.3 is 14.8 Å². The summed E-state index contributed by atoms with van der Waals surface area (Å²) in [6, 6.07) is 16.1. The van der Waals surface area contributed by atoms with Crippen molar-refractivity contribution in [2.75, 3.05) is 11.9 Å². The van der Waals surface area contributed by atoms with E-state index in [2.05, 4.69) is 5.32 Å². The Labute approximate surface area is 191 Å². The molecule has 1 saturated carbocycles. The standard InChI is InChI=1S/C25H26N2O6/c1-16(32-22(28)15-27-24(30)20-9-5-6-10-21(20)25(27)31)23(29)26-17-11-13-19(14-12-17)33-18-7-3-2-4-8-18/h2-4,7-8,11-14,16,20-21H,5-6,9-10,15H2,1H3,(H,26,29). The molecule has 1 N–H and O–H groups in total. The highest BCUT2D eigenvalue weighted by molar-refractivity contribution is 6.07. The van der Waals surface area contributed by atoms with Crippen molar-refractivity contribution in [1.82, 2.24) is 4.90 Å². The Bertz CT molecular complexity index is 1010. The van der Waals surface area contributed by atoms with E-state index in [4.69, 9.17) is 9.47 Å². The van der Waals surface area contributed by atoms with Gasteiger partial charge in [0.2, 0.25) is 11.8 Å². The predicted molar refractivity (Wildman–Crippen MR) is 119 cm³/mol. The van der Waals surface area contributed by atoms with E-state index in [0.717, 1.165) is 17.7 Å². The smallest absolute Gasteiger partial charge is 0.326 e. The molecule has 3 amide bonds. The van der Waals surface area contributed by atoms with E-state index in [1.165, 1.54) is 6.92 Å². The number of carbonyl (C=O) groups is 4. The highest BCUT2D eigenvalue weighted by Crippen LogP contribution is 2.37. The van der Waals surface area contributed by atoms with Gasteiger partial charge in [-0.15, -0.1) is 0 Å². The second-order valence-corrected chi connectivity index (χ2v) is 8.32. The first-order chi connectivity index (χ1) is 15.9. The molecular weight excluding hydrogens is 424 g/mol. The Balaban J connectivity index is 1.27. The van der Waals surface area contributed by atoms with Crippen LogP contribution in [0.2, 0.25) is 0 Å². The molecular formula is C25H26N2O6. The average Bonchev–Trinajstić information content (AvgIpc) is 3.06. The van der Waals surface area contributed by atoms with Crippen molar-refractivity contribution in [1.29, 1.82) is 0 Å². The number of para-hydroxylation sites is 1. The number of esters is 1. The number of hydrogen-bond acceptors (Lipinski definition) is 6. The molecule has 0 radical (unpaired) electrons. The lowest BCUT2D eigenvalue weighted by atomic mass is 9.81. The maximum Gasteiger partial charge on any atom is 0.326 e.